The van der Waals surface area contributed by atoms with Gasteiger partial charge in [0.2, 0.25) is 0 Å². The zero-order chi connectivity index (χ0) is 25.4. The molecule has 2 atom stereocenters. The minimum absolute atomic E-state index is 0.00952. The van der Waals surface area contributed by atoms with Gasteiger partial charge in [0, 0.05) is 34.3 Å². The molecule has 1 heterocycles. The fraction of sp³-hybridized carbons (Fsp3) is 0.333. The molecule has 8 heteroatoms. The number of nitrogens with one attached hydrogen (secondary N) is 1. The second-order valence-corrected chi connectivity index (χ2v) is 10.4. The summed E-state index contributed by atoms with van der Waals surface area (Å²) in [7, 11) is 1.45. The maximum absolute atomic E-state index is 13.7. The first-order valence-corrected chi connectivity index (χ1v) is 12.5. The standard InChI is InChI=1S/C27H27BrClNO5/c1-13(2)35-27(33)23-14(3)30-20-10-16(15-5-7-18(29)8-6-15)11-21(31)25(20)24(23)17-9-19(28)26(32)22(12-17)34-4/h5-9,12-13,16,24,30,32H,10-11H2,1-4H3/t16-,24+/m1/s1. The van der Waals surface area contributed by atoms with Crippen molar-refractivity contribution in [2.75, 3.05) is 7.11 Å². The summed E-state index contributed by atoms with van der Waals surface area (Å²) in [6.07, 6.45) is 0.594. The number of allylic oxidation sites excluding steroid dienone is 3. The van der Waals surface area contributed by atoms with Crippen molar-refractivity contribution in [1.82, 2.24) is 5.32 Å². The number of methoxy groups -OCH3 is 1. The highest BCUT2D eigenvalue weighted by Gasteiger charge is 2.42. The molecule has 2 aromatic rings. The van der Waals surface area contributed by atoms with E-state index in [0.29, 0.717) is 44.7 Å². The Bertz CT molecular complexity index is 1250. The molecule has 0 fully saturated rings. The van der Waals surface area contributed by atoms with Crippen LogP contribution in [0.1, 0.15) is 56.6 Å². The third kappa shape index (κ3) is 4.98. The smallest absolute Gasteiger partial charge is 0.337 e. The highest BCUT2D eigenvalue weighted by atomic mass is 79.9. The summed E-state index contributed by atoms with van der Waals surface area (Å²) in [5, 5.41) is 14.3. The molecule has 2 N–H and O–H groups in total. The van der Waals surface area contributed by atoms with E-state index in [9.17, 15) is 14.7 Å². The third-order valence-corrected chi connectivity index (χ3v) is 7.19. The molecule has 2 aliphatic rings. The number of halogens is 2. The number of dihydropyridines is 1. The zero-order valence-corrected chi connectivity index (χ0v) is 22.3. The number of phenols is 1. The maximum Gasteiger partial charge on any atom is 0.337 e. The van der Waals surface area contributed by atoms with Gasteiger partial charge in [-0.3, -0.25) is 4.79 Å². The van der Waals surface area contributed by atoms with Crippen LogP contribution in [0.3, 0.4) is 0 Å². The number of phenolic OH excluding ortho intramolecular Hbond substituents is 1. The second-order valence-electron chi connectivity index (χ2n) is 9.08. The van der Waals surface area contributed by atoms with E-state index < -0.39 is 11.9 Å². The lowest BCUT2D eigenvalue weighted by molar-refractivity contribution is -0.143. The molecular weight excluding hydrogens is 534 g/mol. The number of hydrogen-bond acceptors (Lipinski definition) is 6. The normalized spacial score (nSPS) is 20.0. The number of hydrogen-bond donors (Lipinski definition) is 2. The van der Waals surface area contributed by atoms with E-state index in [1.165, 1.54) is 7.11 Å². The first-order chi connectivity index (χ1) is 16.6. The van der Waals surface area contributed by atoms with E-state index in [2.05, 4.69) is 21.2 Å². The molecule has 0 saturated heterocycles. The second kappa shape index (κ2) is 10.1. The Labute approximate surface area is 218 Å². The number of ether oxygens (including phenoxy) is 2. The van der Waals surface area contributed by atoms with E-state index in [1.54, 1.807) is 26.0 Å². The Morgan fingerprint density at radius 1 is 1.17 bits per heavy atom. The van der Waals surface area contributed by atoms with Crippen LogP contribution in [-0.2, 0) is 14.3 Å². The number of Topliss-reactive ketones (excluding diaryl/α,β-unsaturated/α-hetero) is 1. The molecule has 0 amide bonds. The van der Waals surface area contributed by atoms with Gasteiger partial charge in [0.15, 0.2) is 17.3 Å². The quantitative estimate of drug-likeness (QED) is 0.428. The van der Waals surface area contributed by atoms with Gasteiger partial charge in [0.05, 0.1) is 23.3 Å². The van der Waals surface area contributed by atoms with Gasteiger partial charge < -0.3 is 19.9 Å². The number of benzene rings is 2. The molecule has 184 valence electrons. The number of ketones is 1. The SMILES string of the molecule is COc1cc([C@H]2C(C(=O)OC(C)C)=C(C)NC3=C2C(=O)C[C@H](c2ccc(Cl)cc2)C3)cc(Br)c1O. The number of carbonyl (C=O) groups is 2. The molecule has 4 rings (SSSR count). The van der Waals surface area contributed by atoms with Gasteiger partial charge in [-0.1, -0.05) is 23.7 Å². The van der Waals surface area contributed by atoms with E-state index in [4.69, 9.17) is 21.1 Å². The Balaban J connectivity index is 1.85. The van der Waals surface area contributed by atoms with Crippen LogP contribution in [0.15, 0.2) is 63.4 Å². The van der Waals surface area contributed by atoms with Crippen LogP contribution in [0, 0.1) is 0 Å². The molecule has 0 bridgehead atoms. The topological polar surface area (TPSA) is 84.9 Å². The molecule has 1 aliphatic heterocycles. The van der Waals surface area contributed by atoms with Crippen molar-refractivity contribution in [3.63, 3.8) is 0 Å². The average Bonchev–Trinajstić information content (AvgIpc) is 2.79. The molecule has 0 spiro atoms. The first kappa shape index (κ1) is 25.3. The van der Waals surface area contributed by atoms with Crippen molar-refractivity contribution >= 4 is 39.3 Å². The predicted octanol–water partition coefficient (Wildman–Crippen LogP) is 6.13. The van der Waals surface area contributed by atoms with Crippen molar-refractivity contribution in [2.45, 2.75) is 51.6 Å². The highest BCUT2D eigenvalue weighted by molar-refractivity contribution is 9.10. The lowest BCUT2D eigenvalue weighted by atomic mass is 9.71. The van der Waals surface area contributed by atoms with Crippen molar-refractivity contribution in [3.05, 3.63) is 79.6 Å². The van der Waals surface area contributed by atoms with Gasteiger partial charge in [-0.15, -0.1) is 0 Å². The molecular formula is C27H27BrClNO5. The molecule has 6 nitrogen and oxygen atoms in total. The van der Waals surface area contributed by atoms with Gasteiger partial charge in [0.1, 0.15) is 0 Å². The number of esters is 1. The van der Waals surface area contributed by atoms with Gasteiger partial charge >= 0.3 is 5.97 Å². The van der Waals surface area contributed by atoms with Crippen molar-refractivity contribution < 1.29 is 24.2 Å². The fourth-order valence-corrected chi connectivity index (χ4v) is 5.39. The maximum atomic E-state index is 13.7. The Hall–Kier alpha value is -2.77. The molecule has 0 unspecified atom stereocenters. The van der Waals surface area contributed by atoms with Crippen LogP contribution < -0.4 is 10.1 Å². The summed E-state index contributed by atoms with van der Waals surface area (Å²) in [5.41, 5.74) is 4.01. The van der Waals surface area contributed by atoms with Gasteiger partial charge in [-0.25, -0.2) is 4.79 Å². The largest absolute Gasteiger partial charge is 0.503 e. The lowest BCUT2D eigenvalue weighted by Crippen LogP contribution is -2.36. The summed E-state index contributed by atoms with van der Waals surface area (Å²) in [6.45, 7) is 5.38. The van der Waals surface area contributed by atoms with Crippen LogP contribution >= 0.6 is 27.5 Å². The third-order valence-electron chi connectivity index (χ3n) is 6.34. The number of carbonyl (C=O) groups excluding carboxylic acids is 2. The average molecular weight is 561 g/mol. The van der Waals surface area contributed by atoms with Crippen molar-refractivity contribution in [2.24, 2.45) is 0 Å². The highest BCUT2D eigenvalue weighted by Crippen LogP contribution is 2.48. The molecule has 0 radical (unpaired) electrons. The monoisotopic (exact) mass is 559 g/mol. The molecule has 35 heavy (non-hydrogen) atoms. The Kier molecular flexibility index (Phi) is 7.29. The molecule has 2 aromatic carbocycles. The fourth-order valence-electron chi connectivity index (χ4n) is 4.81. The van der Waals surface area contributed by atoms with Crippen LogP contribution in [0.25, 0.3) is 0 Å². The van der Waals surface area contributed by atoms with E-state index >= 15 is 0 Å². The minimum atomic E-state index is -0.665. The van der Waals surface area contributed by atoms with E-state index in [1.807, 2.05) is 31.2 Å². The van der Waals surface area contributed by atoms with Gasteiger partial charge in [-0.2, -0.15) is 0 Å². The van der Waals surface area contributed by atoms with E-state index in [0.717, 1.165) is 11.3 Å². The number of aromatic hydroxyl groups is 1. The minimum Gasteiger partial charge on any atom is -0.503 e. The van der Waals surface area contributed by atoms with Crippen LogP contribution in [0.4, 0.5) is 0 Å². The summed E-state index contributed by atoms with van der Waals surface area (Å²) < 4.78 is 11.3. The van der Waals surface area contributed by atoms with Crippen LogP contribution in [0.2, 0.25) is 5.02 Å². The summed E-state index contributed by atoms with van der Waals surface area (Å²) in [5.74, 6) is -1.02. The first-order valence-electron chi connectivity index (χ1n) is 11.4. The van der Waals surface area contributed by atoms with E-state index in [-0.39, 0.29) is 29.3 Å². The van der Waals surface area contributed by atoms with Crippen LogP contribution in [0.5, 0.6) is 11.5 Å². The van der Waals surface area contributed by atoms with Crippen molar-refractivity contribution in [1.29, 1.82) is 0 Å². The Morgan fingerprint density at radius 3 is 2.49 bits per heavy atom. The van der Waals surface area contributed by atoms with Crippen LogP contribution in [-0.4, -0.2) is 30.1 Å². The van der Waals surface area contributed by atoms with Gasteiger partial charge in [0.25, 0.3) is 0 Å². The Morgan fingerprint density at radius 2 is 1.86 bits per heavy atom. The summed E-state index contributed by atoms with van der Waals surface area (Å²) in [4.78, 5) is 26.9. The van der Waals surface area contributed by atoms with Gasteiger partial charge in [-0.05, 0) is 84.4 Å². The molecule has 0 saturated carbocycles. The predicted molar refractivity (Wildman–Crippen MR) is 138 cm³/mol. The summed E-state index contributed by atoms with van der Waals surface area (Å²) >= 11 is 9.43. The van der Waals surface area contributed by atoms with Crippen molar-refractivity contribution in [3.8, 4) is 11.5 Å². The zero-order valence-electron chi connectivity index (χ0n) is 19.9. The molecule has 0 aromatic heterocycles. The lowest BCUT2D eigenvalue weighted by Gasteiger charge is -2.37. The number of rotatable bonds is 5. The molecule has 1 aliphatic carbocycles. The summed E-state index contributed by atoms with van der Waals surface area (Å²) in [6, 6.07) is 10.9.